The molecule has 0 spiro atoms. The molecule has 0 saturated heterocycles. The monoisotopic (exact) mass is 342 g/mol. The minimum atomic E-state index is -0.534. The van der Waals surface area contributed by atoms with Crippen molar-refractivity contribution in [1.29, 1.82) is 0 Å². The van der Waals surface area contributed by atoms with Gasteiger partial charge in [0.1, 0.15) is 5.75 Å². The van der Waals surface area contributed by atoms with E-state index in [4.69, 9.17) is 4.74 Å². The SMILES string of the molecule is Cc1ccc(OC(=O)CCC(=O)Nc2cc([N+](=O)[O-])ccc2C)cc1. The smallest absolute Gasteiger partial charge is 0.311 e. The number of rotatable bonds is 6. The van der Waals surface area contributed by atoms with E-state index in [0.717, 1.165) is 5.56 Å². The van der Waals surface area contributed by atoms with Crippen LogP contribution in [0.2, 0.25) is 0 Å². The van der Waals surface area contributed by atoms with Gasteiger partial charge in [-0.3, -0.25) is 19.7 Å². The van der Waals surface area contributed by atoms with Crippen molar-refractivity contribution in [2.24, 2.45) is 0 Å². The first-order valence-electron chi connectivity index (χ1n) is 7.67. The number of nitro groups is 1. The van der Waals surface area contributed by atoms with Crippen molar-refractivity contribution in [3.63, 3.8) is 0 Å². The Labute approximate surface area is 144 Å². The standard InChI is InChI=1S/C18H18N2O5/c1-12-3-7-15(8-4-12)25-18(22)10-9-17(21)19-16-11-14(20(23)24)6-5-13(16)2/h3-8,11H,9-10H2,1-2H3,(H,19,21). The molecule has 25 heavy (non-hydrogen) atoms. The molecule has 0 aromatic heterocycles. The highest BCUT2D eigenvalue weighted by Gasteiger charge is 2.13. The molecule has 0 fully saturated rings. The number of amides is 1. The zero-order chi connectivity index (χ0) is 18.4. The molecule has 0 aliphatic rings. The van der Waals surface area contributed by atoms with E-state index < -0.39 is 16.8 Å². The maximum absolute atomic E-state index is 12.0. The van der Waals surface area contributed by atoms with Crippen molar-refractivity contribution in [3.05, 3.63) is 63.7 Å². The van der Waals surface area contributed by atoms with Crippen LogP contribution in [0.3, 0.4) is 0 Å². The van der Waals surface area contributed by atoms with Crippen molar-refractivity contribution in [2.45, 2.75) is 26.7 Å². The second-order valence-electron chi connectivity index (χ2n) is 5.59. The highest BCUT2D eigenvalue weighted by atomic mass is 16.6. The average Bonchev–Trinajstić information content (AvgIpc) is 2.57. The number of nitrogens with one attached hydrogen (secondary N) is 1. The summed E-state index contributed by atoms with van der Waals surface area (Å²) in [4.78, 5) is 34.0. The average molecular weight is 342 g/mol. The normalized spacial score (nSPS) is 10.2. The van der Waals surface area contributed by atoms with Crippen LogP contribution in [0.25, 0.3) is 0 Å². The van der Waals surface area contributed by atoms with E-state index in [0.29, 0.717) is 17.0 Å². The maximum atomic E-state index is 12.0. The van der Waals surface area contributed by atoms with Crippen LogP contribution >= 0.6 is 0 Å². The molecule has 7 heteroatoms. The molecule has 130 valence electrons. The fourth-order valence-electron chi connectivity index (χ4n) is 2.08. The van der Waals surface area contributed by atoms with E-state index in [9.17, 15) is 19.7 Å². The number of non-ortho nitro benzene ring substituents is 1. The first-order valence-corrected chi connectivity index (χ1v) is 7.67. The van der Waals surface area contributed by atoms with Gasteiger partial charge in [-0.2, -0.15) is 0 Å². The van der Waals surface area contributed by atoms with Crippen LogP contribution in [-0.4, -0.2) is 16.8 Å². The molecule has 0 aliphatic heterocycles. The number of benzene rings is 2. The summed E-state index contributed by atoms with van der Waals surface area (Å²) in [6.45, 7) is 3.65. The lowest BCUT2D eigenvalue weighted by Crippen LogP contribution is -2.16. The molecule has 1 amide bonds. The van der Waals surface area contributed by atoms with Crippen molar-refractivity contribution in [1.82, 2.24) is 0 Å². The summed E-state index contributed by atoms with van der Waals surface area (Å²) in [7, 11) is 0. The van der Waals surface area contributed by atoms with Crippen LogP contribution in [0.4, 0.5) is 11.4 Å². The molecule has 0 aliphatic carbocycles. The minimum Gasteiger partial charge on any atom is -0.427 e. The van der Waals surface area contributed by atoms with Gasteiger partial charge in [-0.25, -0.2) is 0 Å². The van der Waals surface area contributed by atoms with Crippen LogP contribution in [0, 0.1) is 24.0 Å². The molecule has 0 saturated carbocycles. The number of carbonyl (C=O) groups excluding carboxylic acids is 2. The Morgan fingerprint density at radius 1 is 1.08 bits per heavy atom. The molecule has 7 nitrogen and oxygen atoms in total. The van der Waals surface area contributed by atoms with Gasteiger partial charge >= 0.3 is 5.97 Å². The third-order valence-electron chi connectivity index (χ3n) is 3.51. The molecule has 0 bridgehead atoms. The zero-order valence-electron chi connectivity index (χ0n) is 13.9. The summed E-state index contributed by atoms with van der Waals surface area (Å²) in [6, 6.07) is 11.2. The Morgan fingerprint density at radius 2 is 1.76 bits per heavy atom. The van der Waals surface area contributed by atoms with Crippen LogP contribution in [0.15, 0.2) is 42.5 Å². The van der Waals surface area contributed by atoms with Crippen LogP contribution in [-0.2, 0) is 9.59 Å². The first-order chi connectivity index (χ1) is 11.8. The molecule has 2 aromatic rings. The van der Waals surface area contributed by atoms with Gasteiger partial charge in [0.25, 0.3) is 5.69 Å². The predicted octanol–water partition coefficient (Wildman–Crippen LogP) is 3.54. The van der Waals surface area contributed by atoms with E-state index in [1.54, 1.807) is 25.1 Å². The van der Waals surface area contributed by atoms with E-state index in [-0.39, 0.29) is 18.5 Å². The predicted molar refractivity (Wildman–Crippen MR) is 92.5 cm³/mol. The lowest BCUT2D eigenvalue weighted by Gasteiger charge is -2.08. The highest BCUT2D eigenvalue weighted by molar-refractivity contribution is 5.93. The fourth-order valence-corrected chi connectivity index (χ4v) is 2.08. The summed E-state index contributed by atoms with van der Waals surface area (Å²) in [6.07, 6.45) is -0.166. The van der Waals surface area contributed by atoms with Crippen molar-refractivity contribution >= 4 is 23.3 Å². The van der Waals surface area contributed by atoms with Gasteiger partial charge < -0.3 is 10.1 Å². The summed E-state index contributed by atoms with van der Waals surface area (Å²) in [5.41, 5.74) is 1.98. The number of nitro benzene ring substituents is 1. The Bertz CT molecular complexity index is 800. The van der Waals surface area contributed by atoms with Gasteiger partial charge in [-0.05, 0) is 31.5 Å². The van der Waals surface area contributed by atoms with E-state index in [1.807, 2.05) is 19.1 Å². The lowest BCUT2D eigenvalue weighted by molar-refractivity contribution is -0.384. The van der Waals surface area contributed by atoms with Crippen molar-refractivity contribution < 1.29 is 19.2 Å². The summed E-state index contributed by atoms with van der Waals surface area (Å²) in [5.74, 6) is -0.509. The van der Waals surface area contributed by atoms with Crippen molar-refractivity contribution in [3.8, 4) is 5.75 Å². The molecule has 0 atom stereocenters. The number of anilines is 1. The molecule has 0 unspecified atom stereocenters. The third-order valence-corrected chi connectivity index (χ3v) is 3.51. The number of nitrogens with zero attached hydrogens (tertiary/aromatic N) is 1. The molecule has 0 heterocycles. The lowest BCUT2D eigenvalue weighted by atomic mass is 10.1. The van der Waals surface area contributed by atoms with E-state index >= 15 is 0 Å². The maximum Gasteiger partial charge on any atom is 0.311 e. The summed E-state index contributed by atoms with van der Waals surface area (Å²) >= 11 is 0. The van der Waals surface area contributed by atoms with E-state index in [2.05, 4.69) is 5.32 Å². The third kappa shape index (κ3) is 5.42. The van der Waals surface area contributed by atoms with Gasteiger partial charge in [0.15, 0.2) is 0 Å². The molecule has 0 radical (unpaired) electrons. The topological polar surface area (TPSA) is 98.5 Å². The number of aryl methyl sites for hydroxylation is 2. The Kier molecular flexibility index (Phi) is 5.84. The van der Waals surface area contributed by atoms with Crippen LogP contribution in [0.1, 0.15) is 24.0 Å². The number of esters is 1. The van der Waals surface area contributed by atoms with Gasteiger partial charge in [-0.15, -0.1) is 0 Å². The molecule has 2 aromatic carbocycles. The number of hydrogen-bond acceptors (Lipinski definition) is 5. The van der Waals surface area contributed by atoms with Crippen LogP contribution < -0.4 is 10.1 Å². The summed E-state index contributed by atoms with van der Waals surface area (Å²) < 4.78 is 5.14. The Balaban J connectivity index is 1.88. The number of hydrogen-bond donors (Lipinski definition) is 1. The van der Waals surface area contributed by atoms with Gasteiger partial charge in [-0.1, -0.05) is 23.8 Å². The minimum absolute atomic E-state index is 0.0766. The van der Waals surface area contributed by atoms with Crippen molar-refractivity contribution in [2.75, 3.05) is 5.32 Å². The first kappa shape index (κ1) is 18.1. The number of carbonyl (C=O) groups is 2. The quantitative estimate of drug-likeness (QED) is 0.375. The van der Waals surface area contributed by atoms with Gasteiger partial charge in [0.05, 0.1) is 17.0 Å². The Hall–Kier alpha value is -3.22. The highest BCUT2D eigenvalue weighted by Crippen LogP contribution is 2.22. The second kappa shape index (κ2) is 8.05. The second-order valence-corrected chi connectivity index (χ2v) is 5.59. The summed E-state index contributed by atoms with van der Waals surface area (Å²) in [5, 5.41) is 13.4. The Morgan fingerprint density at radius 3 is 2.40 bits per heavy atom. The van der Waals surface area contributed by atoms with Gasteiger partial charge in [0.2, 0.25) is 5.91 Å². The fraction of sp³-hybridized carbons (Fsp3) is 0.222. The molecular weight excluding hydrogens is 324 g/mol. The van der Waals surface area contributed by atoms with E-state index in [1.165, 1.54) is 12.1 Å². The molecule has 1 N–H and O–H groups in total. The van der Waals surface area contributed by atoms with Gasteiger partial charge in [0, 0.05) is 18.6 Å². The zero-order valence-corrected chi connectivity index (χ0v) is 13.9. The molecule has 2 rings (SSSR count). The largest absolute Gasteiger partial charge is 0.427 e. The van der Waals surface area contributed by atoms with Crippen LogP contribution in [0.5, 0.6) is 5.75 Å². The number of ether oxygens (including phenoxy) is 1. The molecular formula is C18H18N2O5.